The van der Waals surface area contributed by atoms with Crippen LogP contribution in [0.3, 0.4) is 0 Å². The maximum absolute atomic E-state index is 9.74. The molecule has 1 rings (SSSR count). The second-order valence-corrected chi connectivity index (χ2v) is 5.80. The minimum absolute atomic E-state index is 0.212. The van der Waals surface area contributed by atoms with Gasteiger partial charge in [-0.25, -0.2) is 0 Å². The van der Waals surface area contributed by atoms with E-state index in [-0.39, 0.29) is 18.6 Å². The lowest BCUT2D eigenvalue weighted by Crippen LogP contribution is -2.37. The van der Waals surface area contributed by atoms with Crippen LogP contribution in [0.2, 0.25) is 0 Å². The van der Waals surface area contributed by atoms with Gasteiger partial charge in [-0.15, -0.1) is 0 Å². The average Bonchev–Trinajstić information content (AvgIpc) is 2.37. The maximum atomic E-state index is 9.74. The summed E-state index contributed by atoms with van der Waals surface area (Å²) in [6, 6.07) is 7.46. The number of hydrogen-bond donors (Lipinski definition) is 3. The van der Waals surface area contributed by atoms with Gasteiger partial charge in [0.25, 0.3) is 0 Å². The highest BCUT2D eigenvalue weighted by Gasteiger charge is 2.10. The Bertz CT molecular complexity index is 356. The molecule has 2 unspecified atom stereocenters. The van der Waals surface area contributed by atoms with Gasteiger partial charge in [0.15, 0.2) is 0 Å². The average molecular weight is 332 g/mol. The van der Waals surface area contributed by atoms with Gasteiger partial charge in [0.1, 0.15) is 18.5 Å². The van der Waals surface area contributed by atoms with Crippen LogP contribution in [-0.4, -0.2) is 42.1 Å². The van der Waals surface area contributed by atoms with E-state index in [1.807, 2.05) is 38.1 Å². The molecule has 2 atom stereocenters. The van der Waals surface area contributed by atoms with E-state index in [1.54, 1.807) is 0 Å². The molecule has 0 saturated carbocycles. The Balaban J connectivity index is 2.17. The molecule has 0 heterocycles. The molecule has 1 aromatic carbocycles. The fraction of sp³-hybridized carbons (Fsp3) is 0.571. The SMILES string of the molecule is CC(C)C(O)CNCC(O)COc1ccc(Br)cc1. The number of hydrogen-bond acceptors (Lipinski definition) is 4. The largest absolute Gasteiger partial charge is 0.491 e. The summed E-state index contributed by atoms with van der Waals surface area (Å²) in [5.74, 6) is 0.938. The third-order valence-corrected chi connectivity index (χ3v) is 3.29. The van der Waals surface area contributed by atoms with Gasteiger partial charge >= 0.3 is 0 Å². The first-order chi connectivity index (χ1) is 8.99. The summed E-state index contributed by atoms with van der Waals surface area (Å²) < 4.78 is 6.44. The second-order valence-electron chi connectivity index (χ2n) is 4.89. The van der Waals surface area contributed by atoms with Gasteiger partial charge in [-0.2, -0.15) is 0 Å². The number of benzene rings is 1. The van der Waals surface area contributed by atoms with Crippen molar-refractivity contribution >= 4 is 15.9 Å². The zero-order valence-electron chi connectivity index (χ0n) is 11.3. The molecule has 4 nitrogen and oxygen atoms in total. The molecule has 3 N–H and O–H groups in total. The third kappa shape index (κ3) is 6.92. The third-order valence-electron chi connectivity index (χ3n) is 2.76. The lowest BCUT2D eigenvalue weighted by Gasteiger charge is -2.17. The van der Waals surface area contributed by atoms with Crippen LogP contribution in [0.1, 0.15) is 13.8 Å². The number of aliphatic hydroxyl groups excluding tert-OH is 2. The molecule has 0 saturated heterocycles. The molecule has 5 heteroatoms. The Labute approximate surface area is 122 Å². The Hall–Kier alpha value is -0.620. The monoisotopic (exact) mass is 331 g/mol. The first kappa shape index (κ1) is 16.4. The van der Waals surface area contributed by atoms with Crippen molar-refractivity contribution in [2.45, 2.75) is 26.1 Å². The zero-order chi connectivity index (χ0) is 14.3. The topological polar surface area (TPSA) is 61.7 Å². The smallest absolute Gasteiger partial charge is 0.119 e. The van der Waals surface area contributed by atoms with Crippen LogP contribution < -0.4 is 10.1 Å². The van der Waals surface area contributed by atoms with Crippen LogP contribution in [-0.2, 0) is 0 Å². The Morgan fingerprint density at radius 1 is 1.16 bits per heavy atom. The number of rotatable bonds is 8. The van der Waals surface area contributed by atoms with Crippen molar-refractivity contribution in [1.82, 2.24) is 5.32 Å². The van der Waals surface area contributed by atoms with Gasteiger partial charge in [-0.05, 0) is 30.2 Å². The summed E-state index contributed by atoms with van der Waals surface area (Å²) in [5.41, 5.74) is 0. The lowest BCUT2D eigenvalue weighted by molar-refractivity contribution is 0.0908. The van der Waals surface area contributed by atoms with Gasteiger partial charge < -0.3 is 20.3 Å². The number of halogens is 1. The van der Waals surface area contributed by atoms with Gasteiger partial charge in [0, 0.05) is 17.6 Å². The molecule has 0 aliphatic heterocycles. The van der Waals surface area contributed by atoms with E-state index in [1.165, 1.54) is 0 Å². The molecule has 0 bridgehead atoms. The molecule has 0 fully saturated rings. The molecule has 1 aromatic rings. The van der Waals surface area contributed by atoms with E-state index in [9.17, 15) is 10.2 Å². The van der Waals surface area contributed by atoms with E-state index < -0.39 is 6.10 Å². The summed E-state index contributed by atoms with van der Waals surface area (Å²) in [7, 11) is 0. The molecule has 0 amide bonds. The van der Waals surface area contributed by atoms with Crippen LogP contribution in [0.4, 0.5) is 0 Å². The van der Waals surface area contributed by atoms with E-state index in [0.29, 0.717) is 13.1 Å². The Morgan fingerprint density at radius 2 is 1.79 bits per heavy atom. The first-order valence-corrected chi connectivity index (χ1v) is 7.23. The van der Waals surface area contributed by atoms with Crippen molar-refractivity contribution in [3.63, 3.8) is 0 Å². The summed E-state index contributed by atoms with van der Waals surface area (Å²) in [4.78, 5) is 0. The second kappa shape index (κ2) is 8.53. The van der Waals surface area contributed by atoms with Gasteiger partial charge in [-0.1, -0.05) is 29.8 Å². The highest BCUT2D eigenvalue weighted by atomic mass is 79.9. The molecular weight excluding hydrogens is 310 g/mol. The first-order valence-electron chi connectivity index (χ1n) is 6.44. The van der Waals surface area contributed by atoms with Crippen LogP contribution in [0.5, 0.6) is 5.75 Å². The molecule has 0 radical (unpaired) electrons. The summed E-state index contributed by atoms with van der Waals surface area (Å²) >= 11 is 3.35. The molecule has 0 spiro atoms. The Morgan fingerprint density at radius 3 is 2.37 bits per heavy atom. The fourth-order valence-electron chi connectivity index (χ4n) is 1.42. The van der Waals surface area contributed by atoms with Gasteiger partial charge in [0.05, 0.1) is 6.10 Å². The molecule has 0 aromatic heterocycles. The highest BCUT2D eigenvalue weighted by molar-refractivity contribution is 9.10. The van der Waals surface area contributed by atoms with Crippen molar-refractivity contribution < 1.29 is 14.9 Å². The highest BCUT2D eigenvalue weighted by Crippen LogP contribution is 2.16. The van der Waals surface area contributed by atoms with Crippen LogP contribution >= 0.6 is 15.9 Å². The summed E-state index contributed by atoms with van der Waals surface area (Å²) in [6.45, 7) is 5.03. The van der Waals surface area contributed by atoms with Crippen molar-refractivity contribution in [1.29, 1.82) is 0 Å². The van der Waals surface area contributed by atoms with E-state index in [2.05, 4.69) is 21.2 Å². The van der Waals surface area contributed by atoms with Gasteiger partial charge in [0.2, 0.25) is 0 Å². The maximum Gasteiger partial charge on any atom is 0.119 e. The summed E-state index contributed by atoms with van der Waals surface area (Å²) in [5, 5.41) is 22.4. The Kier molecular flexibility index (Phi) is 7.38. The predicted molar refractivity (Wildman–Crippen MR) is 79.4 cm³/mol. The summed E-state index contributed by atoms with van der Waals surface area (Å²) in [6.07, 6.45) is -0.984. The predicted octanol–water partition coefficient (Wildman–Crippen LogP) is 1.80. The number of ether oxygens (including phenoxy) is 1. The molecule has 108 valence electrons. The molecule has 0 aliphatic carbocycles. The quantitative estimate of drug-likeness (QED) is 0.679. The van der Waals surface area contributed by atoms with E-state index >= 15 is 0 Å². The number of nitrogens with one attached hydrogen (secondary N) is 1. The van der Waals surface area contributed by atoms with Crippen molar-refractivity contribution in [3.05, 3.63) is 28.7 Å². The van der Waals surface area contributed by atoms with Crippen LogP contribution in [0.15, 0.2) is 28.7 Å². The minimum Gasteiger partial charge on any atom is -0.491 e. The molecule has 0 aliphatic rings. The molecular formula is C14H22BrNO3. The van der Waals surface area contributed by atoms with Crippen LogP contribution in [0, 0.1) is 5.92 Å². The van der Waals surface area contributed by atoms with E-state index in [4.69, 9.17) is 4.74 Å². The van der Waals surface area contributed by atoms with Crippen molar-refractivity contribution in [3.8, 4) is 5.75 Å². The fourth-order valence-corrected chi connectivity index (χ4v) is 1.68. The zero-order valence-corrected chi connectivity index (χ0v) is 12.9. The van der Waals surface area contributed by atoms with Crippen molar-refractivity contribution in [2.24, 2.45) is 5.92 Å². The van der Waals surface area contributed by atoms with Crippen LogP contribution in [0.25, 0.3) is 0 Å². The molecule has 19 heavy (non-hydrogen) atoms. The number of aliphatic hydroxyl groups is 2. The lowest BCUT2D eigenvalue weighted by atomic mass is 10.1. The van der Waals surface area contributed by atoms with Gasteiger partial charge in [-0.3, -0.25) is 0 Å². The van der Waals surface area contributed by atoms with Crippen molar-refractivity contribution in [2.75, 3.05) is 19.7 Å². The normalized spacial score (nSPS) is 14.4. The van der Waals surface area contributed by atoms with E-state index in [0.717, 1.165) is 10.2 Å². The minimum atomic E-state index is -0.594. The standard InChI is InChI=1S/C14H22BrNO3/c1-10(2)14(18)8-16-7-12(17)9-19-13-5-3-11(15)4-6-13/h3-6,10,12,14,16-18H,7-9H2,1-2H3.